The van der Waals surface area contributed by atoms with Gasteiger partial charge in [0.2, 0.25) is 0 Å². The minimum atomic E-state index is -4.06. The molecule has 0 saturated heterocycles. The maximum absolute atomic E-state index is 12.1. The molecule has 2 aliphatic carbocycles. The smallest absolute Gasteiger partial charge is 0.378 e. The first-order valence-electron chi connectivity index (χ1n) is 7.33. The van der Waals surface area contributed by atoms with Crippen LogP contribution >= 0.6 is 0 Å². The summed E-state index contributed by atoms with van der Waals surface area (Å²) in [6.45, 7) is 0.238. The van der Waals surface area contributed by atoms with Gasteiger partial charge in [0.15, 0.2) is 0 Å². The number of rotatable bonds is 5. The lowest BCUT2D eigenvalue weighted by Crippen LogP contribution is -2.63. The molecule has 0 aromatic heterocycles. The summed E-state index contributed by atoms with van der Waals surface area (Å²) in [6.07, 6.45) is 2.44. The van der Waals surface area contributed by atoms with Gasteiger partial charge in [0.05, 0.1) is 6.10 Å². The summed E-state index contributed by atoms with van der Waals surface area (Å²) >= 11 is 0. The van der Waals surface area contributed by atoms with Crippen molar-refractivity contribution >= 4 is 0 Å². The third kappa shape index (κ3) is 3.43. The van der Waals surface area contributed by atoms with Gasteiger partial charge in [-0.3, -0.25) is 0 Å². The molecule has 0 aromatic carbocycles. The largest absolute Gasteiger partial charge is 0.389 e. The molecule has 2 nitrogen and oxygen atoms in total. The lowest BCUT2D eigenvalue weighted by Gasteiger charge is -2.57. The summed E-state index contributed by atoms with van der Waals surface area (Å²) in [5.74, 6) is 0. The van der Waals surface area contributed by atoms with Crippen molar-refractivity contribution in [3.63, 3.8) is 0 Å². The van der Waals surface area contributed by atoms with E-state index in [2.05, 4.69) is 5.32 Å². The van der Waals surface area contributed by atoms with Crippen molar-refractivity contribution in [2.45, 2.75) is 69.7 Å². The highest BCUT2D eigenvalue weighted by Crippen LogP contribution is 2.53. The minimum Gasteiger partial charge on any atom is -0.378 e. The van der Waals surface area contributed by atoms with Crippen LogP contribution in [0, 0.1) is 5.41 Å². The topological polar surface area (TPSA) is 21.3 Å². The first-order valence-corrected chi connectivity index (χ1v) is 7.33. The average Bonchev–Trinajstić information content (AvgIpc) is 2.36. The fourth-order valence-corrected chi connectivity index (χ4v) is 3.77. The van der Waals surface area contributed by atoms with Crippen molar-refractivity contribution in [2.24, 2.45) is 5.41 Å². The van der Waals surface area contributed by atoms with Crippen LogP contribution < -0.4 is 5.32 Å². The predicted molar refractivity (Wildman–Crippen MR) is 68.0 cm³/mol. The second-order valence-corrected chi connectivity index (χ2v) is 5.95. The summed E-state index contributed by atoms with van der Waals surface area (Å²) in [4.78, 5) is 0. The standard InChI is InChI=1S/C14H24F3NO/c1-18-11-10-12(13(11)6-3-2-4-7-13)19-9-5-8-14(15,16)17/h11-12,18H,2-10H2,1H3. The van der Waals surface area contributed by atoms with Gasteiger partial charge in [-0.15, -0.1) is 0 Å². The molecule has 0 bridgehead atoms. The van der Waals surface area contributed by atoms with E-state index in [1.807, 2.05) is 7.05 Å². The van der Waals surface area contributed by atoms with E-state index in [9.17, 15) is 13.2 Å². The summed E-state index contributed by atoms with van der Waals surface area (Å²) in [7, 11) is 1.97. The van der Waals surface area contributed by atoms with Crippen LogP contribution in [0.25, 0.3) is 0 Å². The van der Waals surface area contributed by atoms with E-state index < -0.39 is 12.6 Å². The zero-order chi connectivity index (χ0) is 13.9. The number of alkyl halides is 3. The molecule has 2 unspecified atom stereocenters. The Labute approximate surface area is 113 Å². The molecular weight excluding hydrogens is 255 g/mol. The van der Waals surface area contributed by atoms with E-state index in [0.717, 1.165) is 19.3 Å². The van der Waals surface area contributed by atoms with Crippen molar-refractivity contribution < 1.29 is 17.9 Å². The Bertz CT molecular complexity index is 287. The molecule has 112 valence electrons. The molecule has 2 saturated carbocycles. The predicted octanol–water partition coefficient (Wildman–Crippen LogP) is 3.66. The van der Waals surface area contributed by atoms with Crippen LogP contribution in [-0.4, -0.2) is 32.0 Å². The van der Waals surface area contributed by atoms with Crippen LogP contribution in [0.3, 0.4) is 0 Å². The minimum absolute atomic E-state index is 0.0836. The zero-order valence-electron chi connectivity index (χ0n) is 11.6. The lowest BCUT2D eigenvalue weighted by molar-refractivity contribution is -0.163. The molecule has 0 radical (unpaired) electrons. The highest BCUT2D eigenvalue weighted by molar-refractivity contribution is 5.08. The number of hydrogen-bond donors (Lipinski definition) is 1. The van der Waals surface area contributed by atoms with Crippen molar-refractivity contribution in [1.82, 2.24) is 5.32 Å². The van der Waals surface area contributed by atoms with Crippen LogP contribution in [0.2, 0.25) is 0 Å². The van der Waals surface area contributed by atoms with Gasteiger partial charge < -0.3 is 10.1 Å². The molecular formula is C14H24F3NO. The van der Waals surface area contributed by atoms with Crippen LogP contribution in [0.1, 0.15) is 51.4 Å². The Morgan fingerprint density at radius 3 is 2.47 bits per heavy atom. The first kappa shape index (κ1) is 15.1. The third-order valence-corrected chi connectivity index (χ3v) is 4.84. The lowest BCUT2D eigenvalue weighted by atomic mass is 9.55. The van der Waals surface area contributed by atoms with Crippen LogP contribution in [-0.2, 0) is 4.74 Å². The fourth-order valence-electron chi connectivity index (χ4n) is 3.77. The molecule has 0 amide bonds. The monoisotopic (exact) mass is 279 g/mol. The van der Waals surface area contributed by atoms with E-state index in [1.54, 1.807) is 0 Å². The van der Waals surface area contributed by atoms with Gasteiger partial charge in [-0.05, 0) is 32.7 Å². The van der Waals surface area contributed by atoms with Gasteiger partial charge >= 0.3 is 6.18 Å². The second-order valence-electron chi connectivity index (χ2n) is 5.95. The summed E-state index contributed by atoms with van der Waals surface area (Å²) in [5.41, 5.74) is 0.200. The summed E-state index contributed by atoms with van der Waals surface area (Å²) in [5, 5.41) is 3.35. The van der Waals surface area contributed by atoms with E-state index in [4.69, 9.17) is 4.74 Å². The number of nitrogens with one attached hydrogen (secondary N) is 1. The number of ether oxygens (including phenoxy) is 1. The van der Waals surface area contributed by atoms with E-state index in [0.29, 0.717) is 6.04 Å². The van der Waals surface area contributed by atoms with Crippen molar-refractivity contribution in [3.05, 3.63) is 0 Å². The second kappa shape index (κ2) is 6.00. The fraction of sp³-hybridized carbons (Fsp3) is 1.00. The van der Waals surface area contributed by atoms with Gasteiger partial charge in [0.1, 0.15) is 0 Å². The molecule has 2 rings (SSSR count). The van der Waals surface area contributed by atoms with Gasteiger partial charge in [-0.25, -0.2) is 0 Å². The molecule has 0 aromatic rings. The molecule has 2 aliphatic rings. The zero-order valence-corrected chi connectivity index (χ0v) is 11.6. The normalized spacial score (nSPS) is 30.3. The van der Waals surface area contributed by atoms with Crippen molar-refractivity contribution in [3.8, 4) is 0 Å². The maximum Gasteiger partial charge on any atom is 0.389 e. The van der Waals surface area contributed by atoms with Gasteiger partial charge in [0, 0.05) is 24.5 Å². The highest BCUT2D eigenvalue weighted by Gasteiger charge is 2.54. The summed E-state index contributed by atoms with van der Waals surface area (Å²) < 4.78 is 42.0. The molecule has 0 heterocycles. The summed E-state index contributed by atoms with van der Waals surface area (Å²) in [6, 6.07) is 0.486. The quantitative estimate of drug-likeness (QED) is 0.776. The van der Waals surface area contributed by atoms with Gasteiger partial charge in [-0.1, -0.05) is 19.3 Å². The Morgan fingerprint density at radius 1 is 1.21 bits per heavy atom. The highest BCUT2D eigenvalue weighted by atomic mass is 19.4. The maximum atomic E-state index is 12.1. The Hall–Kier alpha value is -0.290. The number of hydrogen-bond acceptors (Lipinski definition) is 2. The SMILES string of the molecule is CNC1CC(OCCCC(F)(F)F)C12CCCCC2. The first-order chi connectivity index (χ1) is 8.98. The molecule has 2 atom stereocenters. The van der Waals surface area contributed by atoms with Gasteiger partial charge in [0.25, 0.3) is 0 Å². The average molecular weight is 279 g/mol. The molecule has 1 spiro atoms. The van der Waals surface area contributed by atoms with Crippen LogP contribution in [0.5, 0.6) is 0 Å². The Kier molecular flexibility index (Phi) is 4.77. The molecule has 5 heteroatoms. The third-order valence-electron chi connectivity index (χ3n) is 4.84. The number of halogens is 3. The molecule has 0 aliphatic heterocycles. The Balaban J connectivity index is 1.77. The molecule has 1 N–H and O–H groups in total. The van der Waals surface area contributed by atoms with Crippen molar-refractivity contribution in [1.29, 1.82) is 0 Å². The molecule has 2 fully saturated rings. The molecule has 19 heavy (non-hydrogen) atoms. The van der Waals surface area contributed by atoms with E-state index in [1.165, 1.54) is 19.3 Å². The van der Waals surface area contributed by atoms with Crippen molar-refractivity contribution in [2.75, 3.05) is 13.7 Å². The Morgan fingerprint density at radius 2 is 1.89 bits per heavy atom. The van der Waals surface area contributed by atoms with Crippen LogP contribution in [0.4, 0.5) is 13.2 Å². The van der Waals surface area contributed by atoms with E-state index >= 15 is 0 Å². The van der Waals surface area contributed by atoms with Crippen LogP contribution in [0.15, 0.2) is 0 Å². The van der Waals surface area contributed by atoms with Gasteiger partial charge in [-0.2, -0.15) is 13.2 Å². The van der Waals surface area contributed by atoms with E-state index in [-0.39, 0.29) is 24.5 Å².